The zero-order valence-corrected chi connectivity index (χ0v) is 12.2. The number of carbonyl (C=O) groups is 1. The average molecular weight is 292 g/mol. The maximum absolute atomic E-state index is 10.6. The fourth-order valence-corrected chi connectivity index (χ4v) is 2.45. The van der Waals surface area contributed by atoms with Crippen LogP contribution >= 0.6 is 11.8 Å². The number of aliphatic carboxylic acids is 1. The maximum Gasteiger partial charge on any atom is 0.313 e. The second kappa shape index (κ2) is 6.42. The van der Waals surface area contributed by atoms with Gasteiger partial charge in [0.05, 0.1) is 5.75 Å². The third-order valence-corrected chi connectivity index (χ3v) is 3.75. The fourth-order valence-electron chi connectivity index (χ4n) is 1.82. The van der Waals surface area contributed by atoms with Gasteiger partial charge in [0.2, 0.25) is 5.95 Å². The minimum Gasteiger partial charge on any atom is -0.481 e. The minimum atomic E-state index is -0.864. The molecule has 0 amide bonds. The number of hydrogen-bond acceptors (Lipinski definition) is 5. The normalized spacial score (nSPS) is 10.5. The summed E-state index contributed by atoms with van der Waals surface area (Å²) >= 11 is 1.16. The lowest BCUT2D eigenvalue weighted by Crippen LogP contribution is -2.20. The highest BCUT2D eigenvalue weighted by Gasteiger charge is 2.14. The zero-order valence-electron chi connectivity index (χ0n) is 11.4. The molecule has 0 radical (unpaired) electrons. The molecule has 1 heterocycles. The van der Waals surface area contributed by atoms with Crippen LogP contribution in [0.25, 0.3) is 0 Å². The summed E-state index contributed by atoms with van der Waals surface area (Å²) in [6.07, 6.45) is 0. The fraction of sp³-hybridized carbons (Fsp3) is 0.308. The number of nitrogens with zero attached hydrogens (tertiary/aromatic N) is 4. The molecule has 0 aliphatic carbocycles. The lowest BCUT2D eigenvalue weighted by atomic mass is 10.2. The first kappa shape index (κ1) is 14.4. The van der Waals surface area contributed by atoms with E-state index in [0.717, 1.165) is 18.3 Å². The second-order valence-corrected chi connectivity index (χ2v) is 5.31. The monoisotopic (exact) mass is 292 g/mol. The van der Waals surface area contributed by atoms with Crippen molar-refractivity contribution < 1.29 is 9.90 Å². The molecule has 0 unspecified atom stereocenters. The molecular weight excluding hydrogens is 276 g/mol. The molecular formula is C13H16N4O2S. The van der Waals surface area contributed by atoms with Crippen LogP contribution in [-0.4, -0.2) is 38.6 Å². The molecule has 1 aromatic carbocycles. The Labute approximate surface area is 121 Å². The van der Waals surface area contributed by atoms with E-state index < -0.39 is 5.97 Å². The molecule has 6 nitrogen and oxygen atoms in total. The second-order valence-electron chi connectivity index (χ2n) is 4.37. The van der Waals surface area contributed by atoms with Crippen LogP contribution in [0.2, 0.25) is 0 Å². The predicted molar refractivity (Wildman–Crippen MR) is 77.9 cm³/mol. The Bertz CT molecular complexity index is 585. The van der Waals surface area contributed by atoms with Crippen LogP contribution in [0.3, 0.4) is 0 Å². The molecule has 1 N–H and O–H groups in total. The van der Waals surface area contributed by atoms with E-state index in [-0.39, 0.29) is 5.75 Å². The number of carboxylic acid groups (broad SMARTS) is 1. The van der Waals surface area contributed by atoms with E-state index in [4.69, 9.17) is 5.11 Å². The number of thioether (sulfide) groups is 1. The average Bonchev–Trinajstić information content (AvgIpc) is 2.79. The molecule has 2 aromatic rings. The van der Waals surface area contributed by atoms with Crippen molar-refractivity contribution in [1.29, 1.82) is 0 Å². The Kier molecular flexibility index (Phi) is 4.62. The first-order chi connectivity index (χ1) is 9.58. The molecule has 0 bridgehead atoms. The largest absolute Gasteiger partial charge is 0.481 e. The highest BCUT2D eigenvalue weighted by molar-refractivity contribution is 7.99. The number of rotatable bonds is 6. The standard InChI is InChI=1S/C13H16N4O2S/c1-16(8-10-6-4-3-5-7-10)12-14-15-13(17(12)2)20-9-11(18)19/h3-7H,8-9H2,1-2H3,(H,18,19). The van der Waals surface area contributed by atoms with Crippen molar-refractivity contribution in [2.45, 2.75) is 11.7 Å². The van der Waals surface area contributed by atoms with Gasteiger partial charge in [0, 0.05) is 20.6 Å². The molecule has 0 fully saturated rings. The van der Waals surface area contributed by atoms with Gasteiger partial charge in [-0.1, -0.05) is 42.1 Å². The summed E-state index contributed by atoms with van der Waals surface area (Å²) in [5.41, 5.74) is 1.18. The van der Waals surface area contributed by atoms with Gasteiger partial charge in [-0.25, -0.2) is 0 Å². The minimum absolute atomic E-state index is 0.0195. The van der Waals surface area contributed by atoms with E-state index in [1.54, 1.807) is 4.57 Å². The summed E-state index contributed by atoms with van der Waals surface area (Å²) in [5, 5.41) is 17.4. The van der Waals surface area contributed by atoms with E-state index in [2.05, 4.69) is 10.2 Å². The molecule has 0 aliphatic heterocycles. The predicted octanol–water partition coefficient (Wildman–Crippen LogP) is 1.63. The highest BCUT2D eigenvalue weighted by atomic mass is 32.2. The summed E-state index contributed by atoms with van der Waals surface area (Å²) < 4.78 is 1.80. The van der Waals surface area contributed by atoms with Crippen molar-refractivity contribution in [2.75, 3.05) is 17.7 Å². The summed E-state index contributed by atoms with van der Waals surface area (Å²) in [6, 6.07) is 10.1. The van der Waals surface area contributed by atoms with Crippen LogP contribution < -0.4 is 4.90 Å². The highest BCUT2D eigenvalue weighted by Crippen LogP contribution is 2.20. The molecule has 0 aliphatic rings. The number of aromatic nitrogens is 3. The Morgan fingerprint density at radius 2 is 2.05 bits per heavy atom. The van der Waals surface area contributed by atoms with Gasteiger partial charge in [0.25, 0.3) is 0 Å². The molecule has 0 saturated carbocycles. The van der Waals surface area contributed by atoms with Gasteiger partial charge >= 0.3 is 5.97 Å². The number of benzene rings is 1. The van der Waals surface area contributed by atoms with E-state index in [9.17, 15) is 4.79 Å². The first-order valence-corrected chi connectivity index (χ1v) is 7.05. The summed E-state index contributed by atoms with van der Waals surface area (Å²) in [4.78, 5) is 12.6. The molecule has 0 atom stereocenters. The molecule has 106 valence electrons. The van der Waals surface area contributed by atoms with Crippen LogP contribution in [0.4, 0.5) is 5.95 Å². The van der Waals surface area contributed by atoms with E-state index in [1.165, 1.54) is 5.56 Å². The Morgan fingerprint density at radius 1 is 1.35 bits per heavy atom. The van der Waals surface area contributed by atoms with E-state index >= 15 is 0 Å². The zero-order chi connectivity index (χ0) is 14.5. The lowest BCUT2D eigenvalue weighted by Gasteiger charge is -2.17. The third kappa shape index (κ3) is 3.51. The van der Waals surface area contributed by atoms with Gasteiger partial charge in [-0.3, -0.25) is 9.36 Å². The number of carboxylic acids is 1. The Morgan fingerprint density at radius 3 is 2.70 bits per heavy atom. The SMILES string of the molecule is CN(Cc1ccccc1)c1nnc(SCC(=O)O)n1C. The summed E-state index contributed by atoms with van der Waals surface area (Å²) in [6.45, 7) is 0.719. The molecule has 2 rings (SSSR count). The van der Waals surface area contributed by atoms with Gasteiger partial charge in [-0.2, -0.15) is 0 Å². The summed E-state index contributed by atoms with van der Waals surface area (Å²) in [7, 11) is 3.77. The van der Waals surface area contributed by atoms with Gasteiger partial charge in [0.15, 0.2) is 5.16 Å². The number of anilines is 1. The summed E-state index contributed by atoms with van der Waals surface area (Å²) in [5.74, 6) is -0.173. The topological polar surface area (TPSA) is 71.2 Å². The first-order valence-electron chi connectivity index (χ1n) is 6.07. The molecule has 0 saturated heterocycles. The van der Waals surface area contributed by atoms with Crippen LogP contribution in [-0.2, 0) is 18.4 Å². The van der Waals surface area contributed by atoms with Crippen molar-refractivity contribution in [3.8, 4) is 0 Å². The van der Waals surface area contributed by atoms with Crippen molar-refractivity contribution in [3.05, 3.63) is 35.9 Å². The van der Waals surface area contributed by atoms with E-state index in [0.29, 0.717) is 11.1 Å². The van der Waals surface area contributed by atoms with Crippen LogP contribution in [0, 0.1) is 0 Å². The lowest BCUT2D eigenvalue weighted by molar-refractivity contribution is -0.133. The van der Waals surface area contributed by atoms with Gasteiger partial charge in [-0.15, -0.1) is 10.2 Å². The Hall–Kier alpha value is -2.02. The molecule has 0 spiro atoms. The maximum atomic E-state index is 10.6. The van der Waals surface area contributed by atoms with Crippen molar-refractivity contribution in [1.82, 2.24) is 14.8 Å². The van der Waals surface area contributed by atoms with Crippen molar-refractivity contribution >= 4 is 23.7 Å². The van der Waals surface area contributed by atoms with E-state index in [1.807, 2.05) is 49.3 Å². The van der Waals surface area contributed by atoms with Gasteiger partial charge in [0.1, 0.15) is 0 Å². The van der Waals surface area contributed by atoms with Crippen molar-refractivity contribution in [2.24, 2.45) is 7.05 Å². The number of hydrogen-bond donors (Lipinski definition) is 1. The van der Waals surface area contributed by atoms with Crippen molar-refractivity contribution in [3.63, 3.8) is 0 Å². The van der Waals surface area contributed by atoms with Crippen LogP contribution in [0.5, 0.6) is 0 Å². The van der Waals surface area contributed by atoms with Gasteiger partial charge < -0.3 is 10.0 Å². The van der Waals surface area contributed by atoms with Crippen LogP contribution in [0.15, 0.2) is 35.5 Å². The molecule has 1 aromatic heterocycles. The van der Waals surface area contributed by atoms with Crippen LogP contribution in [0.1, 0.15) is 5.56 Å². The Balaban J connectivity index is 2.07. The quantitative estimate of drug-likeness (QED) is 0.816. The third-order valence-electron chi connectivity index (χ3n) is 2.74. The molecule has 20 heavy (non-hydrogen) atoms. The molecule has 7 heteroatoms. The van der Waals surface area contributed by atoms with Gasteiger partial charge in [-0.05, 0) is 5.56 Å². The smallest absolute Gasteiger partial charge is 0.313 e.